The van der Waals surface area contributed by atoms with E-state index in [1.165, 1.54) is 12.0 Å². The van der Waals surface area contributed by atoms with Crippen LogP contribution >= 0.6 is 0 Å². The highest BCUT2D eigenvalue weighted by Gasteiger charge is 2.26. The van der Waals surface area contributed by atoms with E-state index in [0.29, 0.717) is 6.04 Å². The van der Waals surface area contributed by atoms with Gasteiger partial charge in [0.1, 0.15) is 11.6 Å². The number of aromatic nitrogens is 2. The third-order valence-electron chi connectivity index (χ3n) is 5.48. The summed E-state index contributed by atoms with van der Waals surface area (Å²) < 4.78 is 8.00. The first-order valence-corrected chi connectivity index (χ1v) is 9.52. The van der Waals surface area contributed by atoms with Gasteiger partial charge in [0, 0.05) is 31.5 Å². The van der Waals surface area contributed by atoms with E-state index in [9.17, 15) is 4.79 Å². The standard InChI is InChI=1S/C21H29N3O2/c1-16-7-6-9-20(17(16)2)26-15-21(25)24-12-5-4-8-19(24)10-13-23-14-11-22-18(23)3/h6-7,9,11,14,19H,4-5,8,10,12-13,15H2,1-3H3. The number of hydrogen-bond acceptors (Lipinski definition) is 3. The molecule has 1 aromatic carbocycles. The van der Waals surface area contributed by atoms with Gasteiger partial charge in [-0.3, -0.25) is 4.79 Å². The second-order valence-corrected chi connectivity index (χ2v) is 7.18. The van der Waals surface area contributed by atoms with Crippen molar-refractivity contribution in [2.24, 2.45) is 0 Å². The number of benzene rings is 1. The van der Waals surface area contributed by atoms with Crippen LogP contribution < -0.4 is 4.74 Å². The summed E-state index contributed by atoms with van der Waals surface area (Å²) in [7, 11) is 0. The Balaban J connectivity index is 1.58. The lowest BCUT2D eigenvalue weighted by Crippen LogP contribution is -2.46. The molecule has 140 valence electrons. The fraction of sp³-hybridized carbons (Fsp3) is 0.524. The van der Waals surface area contributed by atoms with Gasteiger partial charge in [-0.15, -0.1) is 0 Å². The van der Waals surface area contributed by atoms with Crippen LogP contribution in [0.15, 0.2) is 30.6 Å². The number of piperidine rings is 1. The molecule has 1 aromatic heterocycles. The van der Waals surface area contributed by atoms with Gasteiger partial charge in [0.2, 0.25) is 0 Å². The number of rotatable bonds is 6. The third-order valence-corrected chi connectivity index (χ3v) is 5.48. The second-order valence-electron chi connectivity index (χ2n) is 7.18. The first kappa shape index (κ1) is 18.5. The minimum atomic E-state index is 0.0953. The lowest BCUT2D eigenvalue weighted by atomic mass is 9.99. The number of hydrogen-bond donors (Lipinski definition) is 0. The second kappa shape index (κ2) is 8.39. The predicted octanol–water partition coefficient (Wildman–Crippen LogP) is 3.66. The van der Waals surface area contributed by atoms with Crippen LogP contribution in [0.2, 0.25) is 0 Å². The third kappa shape index (κ3) is 4.26. The van der Waals surface area contributed by atoms with Crippen molar-refractivity contribution in [3.63, 3.8) is 0 Å². The van der Waals surface area contributed by atoms with Crippen molar-refractivity contribution in [1.82, 2.24) is 14.5 Å². The zero-order chi connectivity index (χ0) is 18.5. The monoisotopic (exact) mass is 355 g/mol. The highest BCUT2D eigenvalue weighted by Crippen LogP contribution is 2.23. The minimum Gasteiger partial charge on any atom is -0.483 e. The maximum atomic E-state index is 12.8. The number of carbonyl (C=O) groups excluding carboxylic acids is 1. The Morgan fingerprint density at radius 1 is 1.27 bits per heavy atom. The molecule has 1 fully saturated rings. The van der Waals surface area contributed by atoms with Gasteiger partial charge in [-0.2, -0.15) is 0 Å². The molecule has 2 heterocycles. The van der Waals surface area contributed by atoms with E-state index in [2.05, 4.69) is 22.5 Å². The maximum Gasteiger partial charge on any atom is 0.260 e. The topological polar surface area (TPSA) is 47.4 Å². The van der Waals surface area contributed by atoms with E-state index >= 15 is 0 Å². The van der Waals surface area contributed by atoms with Gasteiger partial charge in [-0.05, 0) is 63.6 Å². The van der Waals surface area contributed by atoms with Gasteiger partial charge in [0.15, 0.2) is 6.61 Å². The van der Waals surface area contributed by atoms with Crippen molar-refractivity contribution in [2.45, 2.75) is 59.0 Å². The Hall–Kier alpha value is -2.30. The molecule has 0 aliphatic carbocycles. The van der Waals surface area contributed by atoms with Crippen molar-refractivity contribution < 1.29 is 9.53 Å². The lowest BCUT2D eigenvalue weighted by molar-refractivity contribution is -0.137. The summed E-state index contributed by atoms with van der Waals surface area (Å²) in [5, 5.41) is 0. The van der Waals surface area contributed by atoms with Gasteiger partial charge in [-0.1, -0.05) is 12.1 Å². The normalized spacial score (nSPS) is 17.3. The molecule has 1 aliphatic heterocycles. The molecule has 2 aromatic rings. The predicted molar refractivity (Wildman–Crippen MR) is 102 cm³/mol. The Bertz CT molecular complexity index is 753. The summed E-state index contributed by atoms with van der Waals surface area (Å²) in [6.07, 6.45) is 8.14. The summed E-state index contributed by atoms with van der Waals surface area (Å²) in [5.74, 6) is 1.93. The largest absolute Gasteiger partial charge is 0.483 e. The average Bonchev–Trinajstić information content (AvgIpc) is 3.06. The van der Waals surface area contributed by atoms with E-state index in [1.807, 2.05) is 43.3 Å². The summed E-state index contributed by atoms with van der Waals surface area (Å²) in [5.41, 5.74) is 2.28. The number of aryl methyl sites for hydroxylation is 3. The fourth-order valence-electron chi connectivity index (χ4n) is 3.66. The molecular formula is C21H29N3O2. The van der Waals surface area contributed by atoms with E-state index < -0.39 is 0 Å². The molecule has 1 aliphatic rings. The lowest BCUT2D eigenvalue weighted by Gasteiger charge is -2.36. The average molecular weight is 355 g/mol. The van der Waals surface area contributed by atoms with Crippen LogP contribution in [-0.2, 0) is 11.3 Å². The minimum absolute atomic E-state index is 0.0953. The zero-order valence-corrected chi connectivity index (χ0v) is 16.1. The van der Waals surface area contributed by atoms with E-state index in [-0.39, 0.29) is 12.5 Å². The molecule has 5 nitrogen and oxygen atoms in total. The Morgan fingerprint density at radius 3 is 2.88 bits per heavy atom. The van der Waals surface area contributed by atoms with Crippen LogP contribution in [0.3, 0.4) is 0 Å². The van der Waals surface area contributed by atoms with Crippen molar-refractivity contribution >= 4 is 5.91 Å². The molecule has 0 bridgehead atoms. The molecule has 1 atom stereocenters. The van der Waals surface area contributed by atoms with E-state index in [1.54, 1.807) is 0 Å². The van der Waals surface area contributed by atoms with Crippen molar-refractivity contribution in [3.05, 3.63) is 47.5 Å². The van der Waals surface area contributed by atoms with Crippen LogP contribution in [0.1, 0.15) is 42.6 Å². The van der Waals surface area contributed by atoms with Crippen LogP contribution in [0, 0.1) is 20.8 Å². The van der Waals surface area contributed by atoms with E-state index in [4.69, 9.17) is 4.74 Å². The molecule has 0 saturated carbocycles. The molecule has 0 N–H and O–H groups in total. The summed E-state index contributed by atoms with van der Waals surface area (Å²) in [6, 6.07) is 6.26. The molecule has 1 saturated heterocycles. The SMILES string of the molecule is Cc1cccc(OCC(=O)N2CCCCC2CCn2ccnc2C)c1C. The first-order valence-electron chi connectivity index (χ1n) is 9.52. The van der Waals surface area contributed by atoms with Crippen LogP contribution in [0.25, 0.3) is 0 Å². The fourth-order valence-corrected chi connectivity index (χ4v) is 3.66. The van der Waals surface area contributed by atoms with Gasteiger partial charge in [0.25, 0.3) is 5.91 Å². The van der Waals surface area contributed by atoms with Crippen molar-refractivity contribution in [1.29, 1.82) is 0 Å². The molecule has 0 spiro atoms. The molecule has 3 rings (SSSR count). The summed E-state index contributed by atoms with van der Waals surface area (Å²) in [4.78, 5) is 19.1. The van der Waals surface area contributed by atoms with Crippen LogP contribution in [0.4, 0.5) is 0 Å². The molecule has 5 heteroatoms. The number of imidazole rings is 1. The maximum absolute atomic E-state index is 12.8. The van der Waals surface area contributed by atoms with Gasteiger partial charge in [0.05, 0.1) is 0 Å². The summed E-state index contributed by atoms with van der Waals surface area (Å²) >= 11 is 0. The smallest absolute Gasteiger partial charge is 0.260 e. The van der Waals surface area contributed by atoms with Crippen molar-refractivity contribution in [3.8, 4) is 5.75 Å². The highest BCUT2D eigenvalue weighted by molar-refractivity contribution is 5.78. The number of amides is 1. The Morgan fingerprint density at radius 2 is 2.12 bits per heavy atom. The number of ether oxygens (including phenoxy) is 1. The highest BCUT2D eigenvalue weighted by atomic mass is 16.5. The molecule has 1 amide bonds. The molecule has 26 heavy (non-hydrogen) atoms. The van der Waals surface area contributed by atoms with Crippen LogP contribution in [-0.4, -0.2) is 39.6 Å². The quantitative estimate of drug-likeness (QED) is 0.794. The van der Waals surface area contributed by atoms with Gasteiger partial charge >= 0.3 is 0 Å². The molecular weight excluding hydrogens is 326 g/mol. The summed E-state index contributed by atoms with van der Waals surface area (Å²) in [6.45, 7) is 7.96. The van der Waals surface area contributed by atoms with Gasteiger partial charge in [-0.25, -0.2) is 4.98 Å². The van der Waals surface area contributed by atoms with Crippen molar-refractivity contribution in [2.75, 3.05) is 13.2 Å². The molecule has 0 radical (unpaired) electrons. The first-order chi connectivity index (χ1) is 12.6. The number of carbonyl (C=O) groups is 1. The Labute approximate surface area is 156 Å². The van der Waals surface area contributed by atoms with E-state index in [0.717, 1.165) is 49.5 Å². The number of likely N-dealkylation sites (tertiary alicyclic amines) is 1. The number of nitrogens with zero attached hydrogens (tertiary/aromatic N) is 3. The van der Waals surface area contributed by atoms with Crippen LogP contribution in [0.5, 0.6) is 5.75 Å². The molecule has 1 unspecified atom stereocenters. The zero-order valence-electron chi connectivity index (χ0n) is 16.1. The van der Waals surface area contributed by atoms with Gasteiger partial charge < -0.3 is 14.2 Å². The Kier molecular flexibility index (Phi) is 5.96.